The average Bonchev–Trinajstić information content (AvgIpc) is 2.93. The van der Waals surface area contributed by atoms with Gasteiger partial charge in [0.05, 0.1) is 10.6 Å². The minimum atomic E-state index is -4.11. The zero-order valence-corrected chi connectivity index (χ0v) is 24.4. The molecule has 3 aromatic rings. The summed E-state index contributed by atoms with van der Waals surface area (Å²) in [7, 11) is -4.11. The molecule has 208 valence electrons. The number of benzene rings is 3. The number of hydrogen-bond donors (Lipinski definition) is 1. The van der Waals surface area contributed by atoms with Crippen LogP contribution in [0.4, 0.5) is 5.69 Å². The lowest BCUT2D eigenvalue weighted by Crippen LogP contribution is -2.53. The second-order valence-electron chi connectivity index (χ2n) is 9.57. The van der Waals surface area contributed by atoms with E-state index >= 15 is 0 Å². The van der Waals surface area contributed by atoms with E-state index < -0.39 is 28.5 Å². The Kier molecular flexibility index (Phi) is 10.5. The van der Waals surface area contributed by atoms with Crippen LogP contribution < -0.4 is 9.62 Å². The molecule has 0 aromatic heterocycles. The highest BCUT2D eigenvalue weighted by Gasteiger charge is 2.33. The normalized spacial score (nSPS) is 12.8. The molecule has 0 heterocycles. The van der Waals surface area contributed by atoms with Gasteiger partial charge in [-0.2, -0.15) is 0 Å². The molecule has 39 heavy (non-hydrogen) atoms. The Morgan fingerprint density at radius 1 is 0.949 bits per heavy atom. The first kappa shape index (κ1) is 30.2. The average molecular weight is 570 g/mol. The maximum Gasteiger partial charge on any atom is 0.264 e. The van der Waals surface area contributed by atoms with E-state index in [9.17, 15) is 18.0 Å². The molecule has 2 unspecified atom stereocenters. The maximum atomic E-state index is 13.9. The van der Waals surface area contributed by atoms with E-state index in [4.69, 9.17) is 11.6 Å². The number of hydrogen-bond acceptors (Lipinski definition) is 4. The zero-order chi connectivity index (χ0) is 28.6. The first-order chi connectivity index (χ1) is 18.5. The molecular formula is C30H36ClN3O4S. The molecule has 0 saturated heterocycles. The third-order valence-electron chi connectivity index (χ3n) is 6.69. The molecule has 7 nitrogen and oxygen atoms in total. The number of rotatable bonds is 12. The quantitative estimate of drug-likeness (QED) is 0.324. The summed E-state index contributed by atoms with van der Waals surface area (Å²) in [6, 6.07) is 21.6. The molecule has 2 atom stereocenters. The van der Waals surface area contributed by atoms with Crippen molar-refractivity contribution in [2.75, 3.05) is 17.4 Å². The fourth-order valence-corrected chi connectivity index (χ4v) is 5.89. The van der Waals surface area contributed by atoms with Gasteiger partial charge in [-0.3, -0.25) is 13.9 Å². The second kappa shape index (κ2) is 13.6. The minimum absolute atomic E-state index is 0.0577. The van der Waals surface area contributed by atoms with Gasteiger partial charge in [0.1, 0.15) is 12.6 Å². The van der Waals surface area contributed by atoms with Crippen LogP contribution in [0.2, 0.25) is 5.02 Å². The minimum Gasteiger partial charge on any atom is -0.352 e. The summed E-state index contributed by atoms with van der Waals surface area (Å²) in [6.45, 7) is 7.05. The van der Waals surface area contributed by atoms with E-state index in [1.807, 2.05) is 44.2 Å². The van der Waals surface area contributed by atoms with Crippen LogP contribution in [-0.2, 0) is 26.0 Å². The molecule has 0 aliphatic heterocycles. The molecule has 0 radical (unpaired) electrons. The zero-order valence-electron chi connectivity index (χ0n) is 22.8. The standard InChI is InChI=1S/C30H36ClN3O4S/c1-5-23(3)32-30(36)24(4)33(19-18-25-12-8-6-9-13-25)29(35)21-34(28-17-16-26(31)20-22(28)2)39(37,38)27-14-10-7-11-15-27/h6-17,20,23-24H,5,18-19,21H2,1-4H3,(H,32,36). The van der Waals surface area contributed by atoms with Crippen LogP contribution in [0.1, 0.15) is 38.3 Å². The molecular weight excluding hydrogens is 534 g/mol. The largest absolute Gasteiger partial charge is 0.352 e. The summed E-state index contributed by atoms with van der Waals surface area (Å²) in [5.41, 5.74) is 1.96. The van der Waals surface area contributed by atoms with Gasteiger partial charge in [0.2, 0.25) is 11.8 Å². The monoisotopic (exact) mass is 569 g/mol. The first-order valence-corrected chi connectivity index (χ1v) is 14.8. The molecule has 1 N–H and O–H groups in total. The van der Waals surface area contributed by atoms with E-state index in [0.29, 0.717) is 22.7 Å². The Labute approximate surface area is 236 Å². The summed E-state index contributed by atoms with van der Waals surface area (Å²) < 4.78 is 28.8. The van der Waals surface area contributed by atoms with Crippen LogP contribution in [0, 0.1) is 6.92 Å². The first-order valence-electron chi connectivity index (χ1n) is 13.0. The van der Waals surface area contributed by atoms with Gasteiger partial charge in [0.15, 0.2) is 0 Å². The van der Waals surface area contributed by atoms with Gasteiger partial charge in [-0.15, -0.1) is 0 Å². The van der Waals surface area contributed by atoms with E-state index in [1.165, 1.54) is 17.0 Å². The molecule has 3 aromatic carbocycles. The number of nitrogens with one attached hydrogen (secondary N) is 1. The highest BCUT2D eigenvalue weighted by molar-refractivity contribution is 7.92. The molecule has 3 rings (SSSR count). The fourth-order valence-electron chi connectivity index (χ4n) is 4.17. The van der Waals surface area contributed by atoms with Crippen LogP contribution in [0.25, 0.3) is 0 Å². The Bertz CT molecular complexity index is 1370. The maximum absolute atomic E-state index is 13.9. The summed E-state index contributed by atoms with van der Waals surface area (Å²) >= 11 is 6.15. The number of carbonyl (C=O) groups is 2. The van der Waals surface area contributed by atoms with Crippen molar-refractivity contribution in [2.24, 2.45) is 0 Å². The van der Waals surface area contributed by atoms with Gasteiger partial charge >= 0.3 is 0 Å². The summed E-state index contributed by atoms with van der Waals surface area (Å²) in [6.07, 6.45) is 1.26. The summed E-state index contributed by atoms with van der Waals surface area (Å²) in [4.78, 5) is 28.5. The van der Waals surface area contributed by atoms with Crippen molar-refractivity contribution in [1.82, 2.24) is 10.2 Å². The highest BCUT2D eigenvalue weighted by atomic mass is 35.5. The van der Waals surface area contributed by atoms with Gasteiger partial charge in [-0.05, 0) is 75.1 Å². The van der Waals surface area contributed by atoms with Crippen LogP contribution in [0.5, 0.6) is 0 Å². The number of carbonyl (C=O) groups excluding carboxylic acids is 2. The SMILES string of the molecule is CCC(C)NC(=O)C(C)N(CCc1ccccc1)C(=O)CN(c1ccc(Cl)cc1C)S(=O)(=O)c1ccccc1. The van der Waals surface area contributed by atoms with Gasteiger partial charge in [0.25, 0.3) is 10.0 Å². The predicted octanol–water partition coefficient (Wildman–Crippen LogP) is 5.22. The van der Waals surface area contributed by atoms with Crippen LogP contribution in [0.15, 0.2) is 83.8 Å². The van der Waals surface area contributed by atoms with Crippen LogP contribution >= 0.6 is 11.6 Å². The smallest absolute Gasteiger partial charge is 0.264 e. The van der Waals surface area contributed by atoms with Crippen molar-refractivity contribution in [3.05, 3.63) is 95.0 Å². The number of aryl methyl sites for hydroxylation is 1. The molecule has 0 aliphatic carbocycles. The van der Waals surface area contributed by atoms with E-state index in [0.717, 1.165) is 16.3 Å². The number of anilines is 1. The van der Waals surface area contributed by atoms with E-state index in [-0.39, 0.29) is 23.4 Å². The van der Waals surface area contributed by atoms with E-state index in [1.54, 1.807) is 50.2 Å². The van der Waals surface area contributed by atoms with Crippen molar-refractivity contribution in [2.45, 2.75) is 57.5 Å². The van der Waals surface area contributed by atoms with Crippen molar-refractivity contribution in [3.8, 4) is 0 Å². The number of amides is 2. The van der Waals surface area contributed by atoms with Crippen LogP contribution in [0.3, 0.4) is 0 Å². The number of nitrogens with zero attached hydrogens (tertiary/aromatic N) is 2. The van der Waals surface area contributed by atoms with Crippen LogP contribution in [-0.4, -0.2) is 50.3 Å². The fraction of sp³-hybridized carbons (Fsp3) is 0.333. The highest BCUT2D eigenvalue weighted by Crippen LogP contribution is 2.29. The predicted molar refractivity (Wildman–Crippen MR) is 156 cm³/mol. The van der Waals surface area contributed by atoms with Crippen molar-refractivity contribution >= 4 is 39.1 Å². The Balaban J connectivity index is 1.99. The Morgan fingerprint density at radius 3 is 2.15 bits per heavy atom. The molecule has 0 saturated carbocycles. The Hall–Kier alpha value is -3.36. The molecule has 2 amide bonds. The lowest BCUT2D eigenvalue weighted by Gasteiger charge is -2.33. The topological polar surface area (TPSA) is 86.8 Å². The van der Waals surface area contributed by atoms with E-state index in [2.05, 4.69) is 5.32 Å². The van der Waals surface area contributed by atoms with Crippen molar-refractivity contribution in [3.63, 3.8) is 0 Å². The van der Waals surface area contributed by atoms with Gasteiger partial charge in [0, 0.05) is 17.6 Å². The van der Waals surface area contributed by atoms with Gasteiger partial charge in [-0.1, -0.05) is 67.1 Å². The van der Waals surface area contributed by atoms with Crippen molar-refractivity contribution in [1.29, 1.82) is 0 Å². The van der Waals surface area contributed by atoms with Crippen molar-refractivity contribution < 1.29 is 18.0 Å². The molecule has 0 fully saturated rings. The molecule has 9 heteroatoms. The second-order valence-corrected chi connectivity index (χ2v) is 11.9. The van der Waals surface area contributed by atoms with Gasteiger partial charge in [-0.25, -0.2) is 8.42 Å². The summed E-state index contributed by atoms with van der Waals surface area (Å²) in [5.74, 6) is -0.766. The molecule has 0 spiro atoms. The van der Waals surface area contributed by atoms with Gasteiger partial charge < -0.3 is 10.2 Å². The summed E-state index contributed by atoms with van der Waals surface area (Å²) in [5, 5.41) is 3.40. The molecule has 0 bridgehead atoms. The third kappa shape index (κ3) is 7.83. The number of sulfonamides is 1. The third-order valence-corrected chi connectivity index (χ3v) is 8.70. The Morgan fingerprint density at radius 2 is 1.56 bits per heavy atom. The number of halogens is 1. The lowest BCUT2D eigenvalue weighted by molar-refractivity contribution is -0.139. The lowest BCUT2D eigenvalue weighted by atomic mass is 10.1. The molecule has 0 aliphatic rings.